The van der Waals surface area contributed by atoms with Gasteiger partial charge in [0.15, 0.2) is 9.84 Å². The number of aryl methyl sites for hydroxylation is 2. The molecule has 1 saturated heterocycles. The Balaban J connectivity index is 1.97. The summed E-state index contributed by atoms with van der Waals surface area (Å²) in [4.78, 5) is 12.0. The van der Waals surface area contributed by atoms with Crippen molar-refractivity contribution in [2.45, 2.75) is 33.1 Å². The van der Waals surface area contributed by atoms with E-state index in [-0.39, 0.29) is 29.8 Å². The maximum atomic E-state index is 12.0. The number of rotatable bonds is 3. The number of anilines is 1. The molecule has 1 fully saturated rings. The van der Waals surface area contributed by atoms with Crippen molar-refractivity contribution < 1.29 is 13.2 Å². The highest BCUT2D eigenvalue weighted by Gasteiger charge is 2.26. The quantitative estimate of drug-likeness (QED) is 0.931. The Hall–Kier alpha value is -1.36. The summed E-state index contributed by atoms with van der Waals surface area (Å²) in [6, 6.07) is 5.90. The van der Waals surface area contributed by atoms with E-state index in [0.717, 1.165) is 23.2 Å². The molecule has 1 aliphatic heterocycles. The van der Waals surface area contributed by atoms with Crippen molar-refractivity contribution in [2.75, 3.05) is 16.8 Å². The van der Waals surface area contributed by atoms with E-state index in [1.54, 1.807) is 0 Å². The van der Waals surface area contributed by atoms with Gasteiger partial charge in [-0.1, -0.05) is 12.1 Å². The predicted octanol–water partition coefficient (Wildman–Crippen LogP) is 2.46. The average Bonchev–Trinajstić information content (AvgIpc) is 2.32. The molecule has 2 rings (SSSR count). The van der Waals surface area contributed by atoms with Crippen LogP contribution in [-0.2, 0) is 14.6 Å². The van der Waals surface area contributed by atoms with Crippen LogP contribution in [0, 0.1) is 19.8 Å². The van der Waals surface area contributed by atoms with Gasteiger partial charge in [-0.15, -0.1) is 0 Å². The van der Waals surface area contributed by atoms with Crippen molar-refractivity contribution in [3.05, 3.63) is 29.3 Å². The minimum Gasteiger partial charge on any atom is -0.326 e. The first-order valence-corrected chi connectivity index (χ1v) is 8.75. The minimum absolute atomic E-state index is 0.0427. The molecule has 1 N–H and O–H groups in total. The van der Waals surface area contributed by atoms with Gasteiger partial charge in [-0.3, -0.25) is 4.79 Å². The van der Waals surface area contributed by atoms with Crippen LogP contribution in [0.3, 0.4) is 0 Å². The number of amides is 1. The van der Waals surface area contributed by atoms with Gasteiger partial charge in [-0.25, -0.2) is 8.42 Å². The summed E-state index contributed by atoms with van der Waals surface area (Å²) in [5, 5.41) is 2.89. The molecule has 0 aliphatic carbocycles. The third kappa shape index (κ3) is 4.07. The van der Waals surface area contributed by atoms with Crippen LogP contribution in [0.4, 0.5) is 5.69 Å². The van der Waals surface area contributed by atoms with Crippen LogP contribution in [0.2, 0.25) is 0 Å². The lowest BCUT2D eigenvalue weighted by Crippen LogP contribution is -2.28. The summed E-state index contributed by atoms with van der Waals surface area (Å²) in [5.74, 6) is 0.273. The third-order valence-corrected chi connectivity index (χ3v) is 5.59. The average molecular weight is 295 g/mol. The number of carbonyl (C=O) groups is 1. The first-order valence-electron chi connectivity index (χ1n) is 6.93. The summed E-state index contributed by atoms with van der Waals surface area (Å²) in [6.45, 7) is 3.92. The number of nitrogens with one attached hydrogen (secondary N) is 1. The van der Waals surface area contributed by atoms with Gasteiger partial charge in [0.2, 0.25) is 5.91 Å². The molecule has 0 spiro atoms. The Labute approximate surface area is 120 Å². The second kappa shape index (κ2) is 5.95. The van der Waals surface area contributed by atoms with Crippen molar-refractivity contribution >= 4 is 21.4 Å². The topological polar surface area (TPSA) is 63.2 Å². The number of carbonyl (C=O) groups excluding carboxylic acids is 1. The van der Waals surface area contributed by atoms with Crippen molar-refractivity contribution in [3.63, 3.8) is 0 Å². The molecule has 0 aromatic heterocycles. The Bertz CT molecular complexity index is 608. The van der Waals surface area contributed by atoms with Gasteiger partial charge in [0, 0.05) is 12.1 Å². The molecular weight excluding hydrogens is 274 g/mol. The number of benzene rings is 1. The van der Waals surface area contributed by atoms with Gasteiger partial charge in [0.25, 0.3) is 0 Å². The molecule has 1 amide bonds. The fourth-order valence-electron chi connectivity index (χ4n) is 2.61. The normalized spacial score (nSPS) is 21.4. The molecule has 5 heteroatoms. The van der Waals surface area contributed by atoms with Crippen LogP contribution >= 0.6 is 0 Å². The van der Waals surface area contributed by atoms with Gasteiger partial charge in [-0.2, -0.15) is 0 Å². The summed E-state index contributed by atoms with van der Waals surface area (Å²) in [6.07, 6.45) is 1.77. The van der Waals surface area contributed by atoms with Crippen LogP contribution in [0.1, 0.15) is 30.4 Å². The monoisotopic (exact) mass is 295 g/mol. The molecule has 1 aliphatic rings. The van der Waals surface area contributed by atoms with E-state index in [1.807, 2.05) is 32.0 Å². The molecule has 1 atom stereocenters. The van der Waals surface area contributed by atoms with E-state index in [1.165, 1.54) is 0 Å². The lowest BCUT2D eigenvalue weighted by Gasteiger charge is -2.21. The van der Waals surface area contributed by atoms with E-state index < -0.39 is 9.84 Å². The summed E-state index contributed by atoms with van der Waals surface area (Å²) >= 11 is 0. The number of hydrogen-bond acceptors (Lipinski definition) is 3. The predicted molar refractivity (Wildman–Crippen MR) is 80.5 cm³/mol. The van der Waals surface area contributed by atoms with Crippen LogP contribution < -0.4 is 5.32 Å². The highest BCUT2D eigenvalue weighted by atomic mass is 32.2. The van der Waals surface area contributed by atoms with Crippen molar-refractivity contribution in [1.82, 2.24) is 0 Å². The molecule has 1 aromatic rings. The molecule has 110 valence electrons. The van der Waals surface area contributed by atoms with Crippen LogP contribution in [-0.4, -0.2) is 25.8 Å². The van der Waals surface area contributed by atoms with Crippen LogP contribution in [0.5, 0.6) is 0 Å². The zero-order valence-corrected chi connectivity index (χ0v) is 12.8. The Kier molecular flexibility index (Phi) is 4.48. The molecule has 0 saturated carbocycles. The first kappa shape index (κ1) is 15.0. The molecule has 1 heterocycles. The van der Waals surface area contributed by atoms with E-state index in [4.69, 9.17) is 0 Å². The molecule has 1 unspecified atom stereocenters. The largest absolute Gasteiger partial charge is 0.326 e. The van der Waals surface area contributed by atoms with Gasteiger partial charge in [-0.05, 0) is 49.8 Å². The first-order chi connectivity index (χ1) is 9.35. The lowest BCUT2D eigenvalue weighted by molar-refractivity contribution is -0.117. The van der Waals surface area contributed by atoms with Crippen molar-refractivity contribution in [2.24, 2.45) is 5.92 Å². The minimum atomic E-state index is -2.95. The van der Waals surface area contributed by atoms with E-state index in [9.17, 15) is 13.2 Å². The molecule has 1 aromatic carbocycles. The molecular formula is C15H21NO3S. The van der Waals surface area contributed by atoms with Crippen LogP contribution in [0.25, 0.3) is 0 Å². The van der Waals surface area contributed by atoms with Gasteiger partial charge < -0.3 is 5.32 Å². The second-order valence-corrected chi connectivity index (χ2v) is 7.92. The third-order valence-electron chi connectivity index (χ3n) is 3.70. The van der Waals surface area contributed by atoms with Gasteiger partial charge in [0.1, 0.15) is 0 Å². The molecule has 0 radical (unpaired) electrons. The summed E-state index contributed by atoms with van der Waals surface area (Å²) in [5.41, 5.74) is 2.92. The van der Waals surface area contributed by atoms with Gasteiger partial charge in [0.05, 0.1) is 11.5 Å². The Morgan fingerprint density at radius 3 is 2.80 bits per heavy atom. The molecule has 0 bridgehead atoms. The van der Waals surface area contributed by atoms with Gasteiger partial charge >= 0.3 is 0 Å². The SMILES string of the molecule is Cc1ccc(C)c(NC(=O)CC2CCCS(=O)(=O)C2)c1. The second-order valence-electron chi connectivity index (χ2n) is 5.69. The smallest absolute Gasteiger partial charge is 0.224 e. The number of hydrogen-bond donors (Lipinski definition) is 1. The van der Waals surface area contributed by atoms with E-state index in [2.05, 4.69) is 5.32 Å². The zero-order valence-electron chi connectivity index (χ0n) is 12.0. The van der Waals surface area contributed by atoms with Crippen LogP contribution in [0.15, 0.2) is 18.2 Å². The molecule has 20 heavy (non-hydrogen) atoms. The van der Waals surface area contributed by atoms with Crippen molar-refractivity contribution in [3.8, 4) is 0 Å². The maximum absolute atomic E-state index is 12.0. The zero-order chi connectivity index (χ0) is 14.8. The lowest BCUT2D eigenvalue weighted by atomic mass is 10.0. The van der Waals surface area contributed by atoms with Crippen molar-refractivity contribution in [1.29, 1.82) is 0 Å². The number of sulfone groups is 1. The van der Waals surface area contributed by atoms with E-state index >= 15 is 0 Å². The fraction of sp³-hybridized carbons (Fsp3) is 0.533. The summed E-state index contributed by atoms with van der Waals surface area (Å²) < 4.78 is 23.1. The van der Waals surface area contributed by atoms with E-state index in [0.29, 0.717) is 6.42 Å². The Morgan fingerprint density at radius 2 is 2.10 bits per heavy atom. The standard InChI is InChI=1S/C15H21NO3S/c1-11-5-6-12(2)14(8-11)16-15(17)9-13-4-3-7-20(18,19)10-13/h5-6,8,13H,3-4,7,9-10H2,1-2H3,(H,16,17). The highest BCUT2D eigenvalue weighted by molar-refractivity contribution is 7.91. The summed E-state index contributed by atoms with van der Waals surface area (Å²) in [7, 11) is -2.95. The maximum Gasteiger partial charge on any atom is 0.224 e. The Morgan fingerprint density at radius 1 is 1.35 bits per heavy atom. The molecule has 4 nitrogen and oxygen atoms in total. The fourth-order valence-corrected chi connectivity index (χ4v) is 4.39. The highest BCUT2D eigenvalue weighted by Crippen LogP contribution is 2.23.